The molecule has 4 aliphatic rings. The van der Waals surface area contributed by atoms with Crippen LogP contribution >= 0.6 is 0 Å². The van der Waals surface area contributed by atoms with Crippen molar-refractivity contribution in [3.05, 3.63) is 58.1 Å². The molecule has 2 amide bonds. The molecule has 0 radical (unpaired) electrons. The molecule has 1 aromatic rings. The largest absolute Gasteiger partial charge is 0.463 e. The van der Waals surface area contributed by atoms with Crippen molar-refractivity contribution in [1.29, 1.82) is 0 Å². The van der Waals surface area contributed by atoms with Crippen LogP contribution in [0, 0.1) is 17.8 Å². The third-order valence-electron chi connectivity index (χ3n) is 7.23. The molecular formula is C25H25NO6. The van der Waals surface area contributed by atoms with E-state index >= 15 is 0 Å². The second kappa shape index (κ2) is 7.52. The highest BCUT2D eigenvalue weighted by atomic mass is 16.4. The van der Waals surface area contributed by atoms with Gasteiger partial charge in [0.05, 0.1) is 17.8 Å². The highest BCUT2D eigenvalue weighted by Gasteiger charge is 2.56. The Balaban J connectivity index is 1.65. The standard InChI is InChI=1S/C25H25NO6/c1-3-8-26-24(30)15-6-5-14-16(20(15)25(26)31)10-17-18(28)9-12(2)23(29)22(17)21(14)19-7-4-13(11-27)32-19/h4-5,7,9,15-16,20-21,27H,3,6,8,10-11H2,1-2H3. The van der Waals surface area contributed by atoms with Gasteiger partial charge in [-0.2, -0.15) is 0 Å². The molecular weight excluding hydrogens is 410 g/mol. The van der Waals surface area contributed by atoms with Crippen molar-refractivity contribution in [3.8, 4) is 0 Å². The number of Topliss-reactive ketones (excluding diaryl/α,β-unsaturated/α-hetero) is 1. The third kappa shape index (κ3) is 2.84. The maximum Gasteiger partial charge on any atom is 0.233 e. The number of amides is 2. The van der Waals surface area contributed by atoms with Crippen LogP contribution in [-0.2, 0) is 25.8 Å². The lowest BCUT2D eigenvalue weighted by Gasteiger charge is -2.41. The number of hydrogen-bond acceptors (Lipinski definition) is 6. The normalized spacial score (nSPS) is 29.7. The maximum atomic E-state index is 13.3. The zero-order chi connectivity index (χ0) is 22.7. The Labute approximate surface area is 185 Å². The average molecular weight is 435 g/mol. The number of imide groups is 1. The van der Waals surface area contributed by atoms with Crippen LogP contribution in [0.3, 0.4) is 0 Å². The summed E-state index contributed by atoms with van der Waals surface area (Å²) in [6, 6.07) is 3.36. The van der Waals surface area contributed by atoms with Gasteiger partial charge in [0, 0.05) is 23.3 Å². The summed E-state index contributed by atoms with van der Waals surface area (Å²) in [4.78, 5) is 53.7. The van der Waals surface area contributed by atoms with E-state index < -0.39 is 17.8 Å². The van der Waals surface area contributed by atoms with Gasteiger partial charge in [0.15, 0.2) is 11.6 Å². The molecule has 3 aliphatic carbocycles. The highest BCUT2D eigenvalue weighted by molar-refractivity contribution is 6.23. The predicted molar refractivity (Wildman–Crippen MR) is 113 cm³/mol. The van der Waals surface area contributed by atoms with Crippen molar-refractivity contribution in [1.82, 2.24) is 4.90 Å². The molecule has 7 nitrogen and oxygen atoms in total. The first kappa shape index (κ1) is 20.8. The molecule has 1 aliphatic heterocycles. The van der Waals surface area contributed by atoms with E-state index in [1.807, 2.05) is 13.0 Å². The van der Waals surface area contributed by atoms with Crippen molar-refractivity contribution >= 4 is 23.4 Å². The van der Waals surface area contributed by atoms with Crippen LogP contribution in [0.1, 0.15) is 50.5 Å². The summed E-state index contributed by atoms with van der Waals surface area (Å²) in [7, 11) is 0. The number of hydrogen-bond donors (Lipinski definition) is 1. The molecule has 0 bridgehead atoms. The lowest BCUT2D eigenvalue weighted by Crippen LogP contribution is -2.39. The molecule has 5 rings (SSSR count). The third-order valence-corrected chi connectivity index (χ3v) is 7.23. The molecule has 0 saturated carbocycles. The molecule has 1 aromatic heterocycles. The Morgan fingerprint density at radius 3 is 2.59 bits per heavy atom. The van der Waals surface area contributed by atoms with E-state index in [1.165, 1.54) is 11.0 Å². The number of nitrogens with zero attached hydrogens (tertiary/aromatic N) is 1. The lowest BCUT2D eigenvalue weighted by molar-refractivity contribution is -0.140. The number of fused-ring (bicyclic) bond motifs is 3. The van der Waals surface area contributed by atoms with E-state index in [4.69, 9.17) is 4.42 Å². The summed E-state index contributed by atoms with van der Waals surface area (Å²) >= 11 is 0. The summed E-state index contributed by atoms with van der Waals surface area (Å²) in [5, 5.41) is 9.48. The fraction of sp³-hybridized carbons (Fsp3) is 0.440. The van der Waals surface area contributed by atoms with Crippen LogP contribution in [0.5, 0.6) is 0 Å². The molecule has 1 saturated heterocycles. The molecule has 4 atom stereocenters. The fourth-order valence-electron chi connectivity index (χ4n) is 5.83. The van der Waals surface area contributed by atoms with Crippen molar-refractivity contribution in [3.63, 3.8) is 0 Å². The number of carbonyl (C=O) groups is 4. The van der Waals surface area contributed by atoms with Gasteiger partial charge in [0.1, 0.15) is 18.1 Å². The maximum absolute atomic E-state index is 13.3. The number of furan rings is 1. The quantitative estimate of drug-likeness (QED) is 0.443. The van der Waals surface area contributed by atoms with Crippen molar-refractivity contribution in [2.45, 2.75) is 45.6 Å². The lowest BCUT2D eigenvalue weighted by atomic mass is 9.60. The Morgan fingerprint density at radius 1 is 1.12 bits per heavy atom. The molecule has 32 heavy (non-hydrogen) atoms. The number of ketones is 2. The molecule has 0 aromatic carbocycles. The minimum Gasteiger partial charge on any atom is -0.463 e. The van der Waals surface area contributed by atoms with Gasteiger partial charge >= 0.3 is 0 Å². The van der Waals surface area contributed by atoms with Gasteiger partial charge in [-0.3, -0.25) is 24.1 Å². The van der Waals surface area contributed by atoms with Crippen molar-refractivity contribution in [2.24, 2.45) is 17.8 Å². The molecule has 166 valence electrons. The minimum absolute atomic E-state index is 0.143. The zero-order valence-electron chi connectivity index (χ0n) is 18.1. The monoisotopic (exact) mass is 435 g/mol. The summed E-state index contributed by atoms with van der Waals surface area (Å²) in [6.45, 7) is 3.66. The molecule has 2 heterocycles. The second-order valence-corrected chi connectivity index (χ2v) is 9.02. The zero-order valence-corrected chi connectivity index (χ0v) is 18.1. The summed E-state index contributed by atoms with van der Waals surface area (Å²) in [5.41, 5.74) is 2.04. The molecule has 0 spiro atoms. The van der Waals surface area contributed by atoms with Gasteiger partial charge in [-0.25, -0.2) is 0 Å². The number of allylic oxidation sites excluding steroid dienone is 6. The van der Waals surface area contributed by atoms with Crippen LogP contribution in [0.25, 0.3) is 0 Å². The first-order valence-corrected chi connectivity index (χ1v) is 11.1. The number of aliphatic hydroxyl groups is 1. The van der Waals surface area contributed by atoms with Crippen molar-refractivity contribution < 1.29 is 28.7 Å². The SMILES string of the molecule is CCCN1C(=O)C2CC=C3C(c4ccc(CO)o4)C4=C(CC3C2C1=O)C(=O)C=C(C)C4=O. The smallest absolute Gasteiger partial charge is 0.233 e. The summed E-state index contributed by atoms with van der Waals surface area (Å²) < 4.78 is 5.84. The van der Waals surface area contributed by atoms with E-state index in [-0.39, 0.29) is 42.3 Å². The van der Waals surface area contributed by atoms with Crippen LogP contribution in [0.15, 0.2) is 51.0 Å². The predicted octanol–water partition coefficient (Wildman–Crippen LogP) is 2.61. The number of aliphatic hydroxyl groups excluding tert-OH is 1. The number of carbonyl (C=O) groups excluding carboxylic acids is 4. The minimum atomic E-state index is -0.603. The van der Waals surface area contributed by atoms with Crippen LogP contribution in [0.2, 0.25) is 0 Å². The topological polar surface area (TPSA) is 105 Å². The van der Waals surface area contributed by atoms with E-state index in [1.54, 1.807) is 19.1 Å². The Kier molecular flexibility index (Phi) is 4.89. The average Bonchev–Trinajstić information content (AvgIpc) is 3.35. The molecule has 1 fully saturated rings. The Bertz CT molecular complexity index is 1150. The van der Waals surface area contributed by atoms with Gasteiger partial charge in [-0.05, 0) is 50.3 Å². The molecule has 7 heteroatoms. The van der Waals surface area contributed by atoms with Gasteiger partial charge in [-0.1, -0.05) is 18.6 Å². The summed E-state index contributed by atoms with van der Waals surface area (Å²) in [6.07, 6.45) is 4.70. The number of likely N-dealkylation sites (tertiary alicyclic amines) is 1. The fourth-order valence-corrected chi connectivity index (χ4v) is 5.83. The second-order valence-electron chi connectivity index (χ2n) is 9.02. The van der Waals surface area contributed by atoms with E-state index in [9.17, 15) is 24.3 Å². The number of rotatable bonds is 4. The first-order valence-electron chi connectivity index (χ1n) is 11.1. The highest BCUT2D eigenvalue weighted by Crippen LogP contribution is 2.55. The first-order chi connectivity index (χ1) is 15.4. The van der Waals surface area contributed by atoms with Crippen LogP contribution in [-0.4, -0.2) is 39.9 Å². The Morgan fingerprint density at radius 2 is 1.91 bits per heavy atom. The molecule has 4 unspecified atom stereocenters. The van der Waals surface area contributed by atoms with Crippen LogP contribution in [0.4, 0.5) is 0 Å². The molecule has 1 N–H and O–H groups in total. The van der Waals surface area contributed by atoms with Gasteiger partial charge in [0.25, 0.3) is 0 Å². The van der Waals surface area contributed by atoms with Crippen LogP contribution < -0.4 is 0 Å². The van der Waals surface area contributed by atoms with Crippen molar-refractivity contribution in [2.75, 3.05) is 6.54 Å². The van der Waals surface area contributed by atoms with Gasteiger partial charge in [-0.15, -0.1) is 0 Å². The van der Waals surface area contributed by atoms with E-state index in [0.717, 1.165) is 5.57 Å². The van der Waals surface area contributed by atoms with Gasteiger partial charge in [0.2, 0.25) is 11.8 Å². The van der Waals surface area contributed by atoms with Gasteiger partial charge < -0.3 is 9.52 Å². The Hall–Kier alpha value is -3.06. The summed E-state index contributed by atoms with van der Waals surface area (Å²) in [5.74, 6) is -1.83. The van der Waals surface area contributed by atoms with E-state index in [0.29, 0.717) is 47.6 Å². The van der Waals surface area contributed by atoms with E-state index in [2.05, 4.69) is 0 Å².